The fraction of sp³-hybridized carbons (Fsp3) is 0.407. The molecule has 3 heteroatoms. The second-order valence-electron chi connectivity index (χ2n) is 9.41. The Morgan fingerprint density at radius 3 is 2.03 bits per heavy atom. The average molecular weight is 405 g/mol. The lowest BCUT2D eigenvalue weighted by Gasteiger charge is -2.32. The summed E-state index contributed by atoms with van der Waals surface area (Å²) in [5.41, 5.74) is 5.79. The molecule has 0 aliphatic heterocycles. The van der Waals surface area contributed by atoms with Crippen LogP contribution in [0.5, 0.6) is 0 Å². The summed E-state index contributed by atoms with van der Waals surface area (Å²) in [7, 11) is 0. The third-order valence-electron chi connectivity index (χ3n) is 7.06. The summed E-state index contributed by atoms with van der Waals surface area (Å²) in [5, 5.41) is 0. The highest BCUT2D eigenvalue weighted by molar-refractivity contribution is 6.09. The number of esters is 1. The third-order valence-corrected chi connectivity index (χ3v) is 7.06. The van der Waals surface area contributed by atoms with E-state index in [1.165, 1.54) is 17.2 Å². The zero-order chi connectivity index (χ0) is 22.3. The van der Waals surface area contributed by atoms with Crippen LogP contribution >= 0.6 is 0 Å². The molecule has 3 rings (SSSR count). The van der Waals surface area contributed by atoms with E-state index in [9.17, 15) is 9.59 Å². The first-order valence-electron chi connectivity index (χ1n) is 10.6. The maximum atomic E-state index is 13.2. The van der Waals surface area contributed by atoms with Crippen molar-refractivity contribution in [3.8, 4) is 0 Å². The van der Waals surface area contributed by atoms with Crippen molar-refractivity contribution in [1.29, 1.82) is 0 Å². The molecular formula is C27H32O3. The zero-order valence-corrected chi connectivity index (χ0v) is 19.1. The topological polar surface area (TPSA) is 43.4 Å². The maximum Gasteiger partial charge on any atom is 0.331 e. The van der Waals surface area contributed by atoms with Gasteiger partial charge in [0.15, 0.2) is 5.78 Å². The molecule has 3 nitrogen and oxygen atoms in total. The monoisotopic (exact) mass is 404 g/mol. The van der Waals surface area contributed by atoms with Crippen molar-refractivity contribution in [1.82, 2.24) is 0 Å². The molecular weight excluding hydrogens is 372 g/mol. The highest BCUT2D eigenvalue weighted by Gasteiger charge is 2.48. The van der Waals surface area contributed by atoms with Crippen molar-refractivity contribution >= 4 is 17.3 Å². The molecule has 0 saturated carbocycles. The Hall–Kier alpha value is -2.68. The third kappa shape index (κ3) is 3.74. The highest BCUT2D eigenvalue weighted by Crippen LogP contribution is 2.53. The summed E-state index contributed by atoms with van der Waals surface area (Å²) in [5.74, 6) is 0.149. The van der Waals surface area contributed by atoms with Crippen LogP contribution < -0.4 is 0 Å². The van der Waals surface area contributed by atoms with Crippen LogP contribution in [0.3, 0.4) is 0 Å². The van der Waals surface area contributed by atoms with Crippen LogP contribution in [0.25, 0.3) is 5.57 Å². The van der Waals surface area contributed by atoms with Crippen LogP contribution in [-0.2, 0) is 20.4 Å². The van der Waals surface area contributed by atoms with Gasteiger partial charge in [-0.1, -0.05) is 71.0 Å². The highest BCUT2D eigenvalue weighted by atomic mass is 16.5. The molecule has 1 atom stereocenters. The van der Waals surface area contributed by atoms with Crippen molar-refractivity contribution in [3.05, 3.63) is 76.4 Å². The van der Waals surface area contributed by atoms with Gasteiger partial charge in [-0.3, -0.25) is 4.79 Å². The van der Waals surface area contributed by atoms with Gasteiger partial charge in [0.1, 0.15) is 0 Å². The van der Waals surface area contributed by atoms with Crippen LogP contribution in [0.15, 0.2) is 48.5 Å². The van der Waals surface area contributed by atoms with Crippen LogP contribution in [-0.4, -0.2) is 18.4 Å². The first kappa shape index (κ1) is 22.0. The first-order chi connectivity index (χ1) is 14.0. The minimum Gasteiger partial charge on any atom is -0.463 e. The summed E-state index contributed by atoms with van der Waals surface area (Å²) in [6.07, 6.45) is 1.48. The van der Waals surface area contributed by atoms with Crippen molar-refractivity contribution in [2.75, 3.05) is 6.61 Å². The predicted octanol–water partition coefficient (Wildman–Crippen LogP) is 6.09. The lowest BCUT2D eigenvalue weighted by molar-refractivity contribution is -0.137. The molecule has 2 aromatic carbocycles. The molecule has 1 aliphatic carbocycles. The van der Waals surface area contributed by atoms with Gasteiger partial charge in [-0.05, 0) is 58.9 Å². The van der Waals surface area contributed by atoms with Gasteiger partial charge in [0, 0.05) is 17.2 Å². The quantitative estimate of drug-likeness (QED) is 0.344. The fourth-order valence-electron chi connectivity index (χ4n) is 4.64. The molecule has 2 aromatic rings. The number of hydrogen-bond acceptors (Lipinski definition) is 3. The molecule has 0 heterocycles. The normalized spacial score (nSPS) is 19.3. The second-order valence-corrected chi connectivity index (χ2v) is 9.41. The molecule has 0 fully saturated rings. The molecule has 1 aliphatic rings. The number of allylic oxidation sites excluding steroid dienone is 1. The van der Waals surface area contributed by atoms with Crippen molar-refractivity contribution < 1.29 is 14.3 Å². The van der Waals surface area contributed by atoms with Gasteiger partial charge in [-0.15, -0.1) is 0 Å². The molecule has 0 spiro atoms. The SMILES string of the molecule is CCOC(=O)C=C(C)c1ccc(C(=O)c2ccc3c(c2)C(C)(C)C(C)C3(C)C)cc1. The van der Waals surface area contributed by atoms with E-state index in [1.807, 2.05) is 37.3 Å². The zero-order valence-electron chi connectivity index (χ0n) is 19.1. The van der Waals surface area contributed by atoms with Crippen LogP contribution in [0.2, 0.25) is 0 Å². The van der Waals surface area contributed by atoms with E-state index in [1.54, 1.807) is 6.92 Å². The number of rotatable bonds is 5. The van der Waals surface area contributed by atoms with E-state index >= 15 is 0 Å². The second kappa shape index (κ2) is 7.86. The Kier molecular flexibility index (Phi) is 5.77. The molecule has 0 saturated heterocycles. The Labute approximate surface area is 180 Å². The van der Waals surface area contributed by atoms with Crippen molar-refractivity contribution in [2.24, 2.45) is 5.92 Å². The molecule has 0 bridgehead atoms. The van der Waals surface area contributed by atoms with E-state index in [4.69, 9.17) is 4.74 Å². The smallest absolute Gasteiger partial charge is 0.331 e. The first-order valence-corrected chi connectivity index (χ1v) is 10.6. The number of ketones is 1. The molecule has 0 aromatic heterocycles. The minimum absolute atomic E-state index is 0.0181. The van der Waals surface area contributed by atoms with Crippen LogP contribution in [0.1, 0.15) is 81.1 Å². The van der Waals surface area contributed by atoms with Gasteiger partial charge in [0.05, 0.1) is 6.61 Å². The van der Waals surface area contributed by atoms with E-state index in [0.717, 1.165) is 16.7 Å². The van der Waals surface area contributed by atoms with Crippen molar-refractivity contribution in [2.45, 2.75) is 59.3 Å². The van der Waals surface area contributed by atoms with Gasteiger partial charge in [0.25, 0.3) is 0 Å². The van der Waals surface area contributed by atoms with E-state index in [-0.39, 0.29) is 22.6 Å². The maximum absolute atomic E-state index is 13.2. The fourth-order valence-corrected chi connectivity index (χ4v) is 4.64. The minimum atomic E-state index is -0.354. The summed E-state index contributed by atoms with van der Waals surface area (Å²) in [6.45, 7) is 15.4. The molecule has 30 heavy (non-hydrogen) atoms. The van der Waals surface area contributed by atoms with Gasteiger partial charge in [-0.2, -0.15) is 0 Å². The Bertz CT molecular complexity index is 1010. The molecule has 1 unspecified atom stereocenters. The number of carbonyl (C=O) groups excluding carboxylic acids is 2. The number of ether oxygens (including phenoxy) is 1. The molecule has 0 N–H and O–H groups in total. The summed E-state index contributed by atoms with van der Waals surface area (Å²) < 4.78 is 4.96. The lowest BCUT2D eigenvalue weighted by Crippen LogP contribution is -2.30. The van der Waals surface area contributed by atoms with Crippen LogP contribution in [0.4, 0.5) is 0 Å². The summed E-state index contributed by atoms with van der Waals surface area (Å²) in [6, 6.07) is 13.6. The van der Waals surface area contributed by atoms with Crippen molar-refractivity contribution in [3.63, 3.8) is 0 Å². The number of benzene rings is 2. The van der Waals surface area contributed by atoms with Crippen LogP contribution in [0, 0.1) is 5.92 Å². The number of hydrogen-bond donors (Lipinski definition) is 0. The van der Waals surface area contributed by atoms with Gasteiger partial charge in [-0.25, -0.2) is 4.79 Å². The summed E-state index contributed by atoms with van der Waals surface area (Å²) >= 11 is 0. The average Bonchev–Trinajstić information content (AvgIpc) is 2.85. The molecule has 0 radical (unpaired) electrons. The summed E-state index contributed by atoms with van der Waals surface area (Å²) in [4.78, 5) is 24.8. The number of fused-ring (bicyclic) bond motifs is 1. The largest absolute Gasteiger partial charge is 0.463 e. The van der Waals surface area contributed by atoms with Gasteiger partial charge < -0.3 is 4.74 Å². The van der Waals surface area contributed by atoms with E-state index in [0.29, 0.717) is 18.1 Å². The molecule has 158 valence electrons. The Balaban J connectivity index is 1.89. The van der Waals surface area contributed by atoms with E-state index in [2.05, 4.69) is 46.8 Å². The number of carbonyl (C=O) groups is 2. The Morgan fingerprint density at radius 2 is 1.43 bits per heavy atom. The van der Waals surface area contributed by atoms with Gasteiger partial charge >= 0.3 is 5.97 Å². The molecule has 0 amide bonds. The predicted molar refractivity (Wildman–Crippen MR) is 122 cm³/mol. The Morgan fingerprint density at radius 1 is 0.900 bits per heavy atom. The van der Waals surface area contributed by atoms with Gasteiger partial charge in [0.2, 0.25) is 0 Å². The van der Waals surface area contributed by atoms with E-state index < -0.39 is 0 Å². The lowest BCUT2D eigenvalue weighted by atomic mass is 9.71. The standard InChI is InChI=1S/C27H32O3/c1-8-30-24(28)15-17(2)19-9-11-20(12-10-19)25(29)21-13-14-22-23(16-21)27(6,7)18(3)26(22,4)5/h9-16,18H,8H2,1-7H3.